The van der Waals surface area contributed by atoms with Gasteiger partial charge in [-0.05, 0) is 60.0 Å². The number of alkyl halides is 2. The molecule has 1 fully saturated rings. The molecule has 4 aromatic rings. The van der Waals surface area contributed by atoms with E-state index in [1.165, 1.54) is 4.68 Å². The fraction of sp³-hybridized carbons (Fsp3) is 0.300. The fourth-order valence-electron chi connectivity index (χ4n) is 4.52. The first kappa shape index (κ1) is 27.1. The van der Waals surface area contributed by atoms with Crippen molar-refractivity contribution < 1.29 is 27.8 Å². The summed E-state index contributed by atoms with van der Waals surface area (Å²) in [7, 11) is 1.60. The number of halogens is 2. The van der Waals surface area contributed by atoms with E-state index in [1.54, 1.807) is 26.2 Å². The first-order valence-corrected chi connectivity index (χ1v) is 13.1. The minimum absolute atomic E-state index is 0.00879. The van der Waals surface area contributed by atoms with E-state index in [0.717, 1.165) is 28.1 Å². The van der Waals surface area contributed by atoms with Crippen LogP contribution in [0.4, 0.5) is 14.5 Å². The quantitative estimate of drug-likeness (QED) is 0.230. The number of benzene rings is 3. The van der Waals surface area contributed by atoms with Crippen molar-refractivity contribution in [2.24, 2.45) is 0 Å². The van der Waals surface area contributed by atoms with Crippen LogP contribution < -0.4 is 14.4 Å². The van der Waals surface area contributed by atoms with Crippen LogP contribution in [0.15, 0.2) is 72.8 Å². The maximum Gasteiger partial charge on any atom is 0.364 e. The van der Waals surface area contributed by atoms with Gasteiger partial charge in [-0.2, -0.15) is 0 Å². The molecule has 0 aliphatic carbocycles. The summed E-state index contributed by atoms with van der Waals surface area (Å²) in [5, 5.41) is 8.16. The number of ether oxygens (including phenoxy) is 3. The normalized spacial score (nSPS) is 14.6. The highest BCUT2D eigenvalue weighted by Gasteiger charge is 2.34. The lowest BCUT2D eigenvalue weighted by atomic mass is 10.0. The van der Waals surface area contributed by atoms with E-state index in [2.05, 4.69) is 10.3 Å². The van der Waals surface area contributed by atoms with Gasteiger partial charge in [-0.15, -0.1) is 5.10 Å². The van der Waals surface area contributed by atoms with Crippen LogP contribution in [0.5, 0.6) is 17.4 Å². The highest BCUT2D eigenvalue weighted by Crippen LogP contribution is 2.32. The Hall–Kier alpha value is -4.47. The summed E-state index contributed by atoms with van der Waals surface area (Å²) in [6, 6.07) is 22.8. The third kappa shape index (κ3) is 6.22. The van der Waals surface area contributed by atoms with Gasteiger partial charge in [-0.3, -0.25) is 0 Å². The minimum atomic E-state index is -2.57. The van der Waals surface area contributed by atoms with Crippen molar-refractivity contribution in [3.63, 3.8) is 0 Å². The van der Waals surface area contributed by atoms with Gasteiger partial charge in [0.15, 0.2) is 0 Å². The lowest BCUT2D eigenvalue weighted by Crippen LogP contribution is -2.39. The number of hydrogen-bond donors (Lipinski definition) is 0. The van der Waals surface area contributed by atoms with Crippen molar-refractivity contribution in [2.75, 3.05) is 31.7 Å². The summed E-state index contributed by atoms with van der Waals surface area (Å²) in [6.45, 7) is 2.93. The standard InChI is InChI=1S/C30H30F2N4O4/c1-3-39-29(37)27-28(36(34-33-27)20-21-4-12-25(38-2)13-5-21)40-26-14-8-23(9-15-26)22-6-10-24(11-7-22)35-18-16-30(31,32)17-19-35/h4-15H,3,16-20H2,1-2H3. The summed E-state index contributed by atoms with van der Waals surface area (Å²) in [4.78, 5) is 14.5. The molecule has 0 atom stereocenters. The number of piperidine rings is 1. The number of carbonyl (C=O) groups excluding carboxylic acids is 1. The fourth-order valence-corrected chi connectivity index (χ4v) is 4.52. The molecule has 1 saturated heterocycles. The van der Waals surface area contributed by atoms with Gasteiger partial charge in [0.2, 0.25) is 5.69 Å². The predicted molar refractivity (Wildman–Crippen MR) is 146 cm³/mol. The van der Waals surface area contributed by atoms with Crippen LogP contribution in [0.25, 0.3) is 11.1 Å². The Morgan fingerprint density at radius 1 is 0.900 bits per heavy atom. The molecule has 0 unspecified atom stereocenters. The molecule has 3 aromatic carbocycles. The monoisotopic (exact) mass is 548 g/mol. The molecule has 1 aliphatic rings. The summed E-state index contributed by atoms with van der Waals surface area (Å²) in [6.07, 6.45) is -0.245. The van der Waals surface area contributed by atoms with Crippen molar-refractivity contribution >= 4 is 11.7 Å². The largest absolute Gasteiger partial charge is 0.497 e. The molecule has 1 aliphatic heterocycles. The van der Waals surface area contributed by atoms with E-state index in [-0.39, 0.29) is 31.0 Å². The molecule has 0 amide bonds. The first-order valence-electron chi connectivity index (χ1n) is 13.1. The van der Waals surface area contributed by atoms with E-state index in [1.807, 2.05) is 65.6 Å². The number of esters is 1. The smallest absolute Gasteiger partial charge is 0.364 e. The Morgan fingerprint density at radius 2 is 1.50 bits per heavy atom. The second-order valence-electron chi connectivity index (χ2n) is 9.49. The molecule has 0 bridgehead atoms. The van der Waals surface area contributed by atoms with E-state index in [9.17, 15) is 13.6 Å². The summed E-state index contributed by atoms with van der Waals surface area (Å²) in [5.41, 5.74) is 3.78. The van der Waals surface area contributed by atoms with E-state index < -0.39 is 11.9 Å². The number of carbonyl (C=O) groups is 1. The van der Waals surface area contributed by atoms with Crippen LogP contribution in [0.2, 0.25) is 0 Å². The highest BCUT2D eigenvalue weighted by atomic mass is 19.3. The number of nitrogens with zero attached hydrogens (tertiary/aromatic N) is 4. The Balaban J connectivity index is 1.32. The lowest BCUT2D eigenvalue weighted by Gasteiger charge is -2.33. The van der Waals surface area contributed by atoms with E-state index in [4.69, 9.17) is 14.2 Å². The Bertz CT molecular complexity index is 1430. The topological polar surface area (TPSA) is 78.7 Å². The van der Waals surface area contributed by atoms with Crippen LogP contribution in [-0.2, 0) is 11.3 Å². The van der Waals surface area contributed by atoms with Gasteiger partial charge >= 0.3 is 5.97 Å². The molecule has 40 heavy (non-hydrogen) atoms. The predicted octanol–water partition coefficient (Wildman–Crippen LogP) is 6.21. The number of methoxy groups -OCH3 is 1. The highest BCUT2D eigenvalue weighted by molar-refractivity contribution is 5.89. The molecule has 1 aromatic heterocycles. The maximum atomic E-state index is 13.5. The number of rotatable bonds is 9. The van der Waals surface area contributed by atoms with Crippen molar-refractivity contribution in [3.8, 4) is 28.5 Å². The zero-order valence-corrected chi connectivity index (χ0v) is 22.3. The molecule has 208 valence electrons. The first-order chi connectivity index (χ1) is 19.3. The molecule has 5 rings (SSSR count). The molecular formula is C30H30F2N4O4. The van der Waals surface area contributed by atoms with Gasteiger partial charge < -0.3 is 19.1 Å². The lowest BCUT2D eigenvalue weighted by molar-refractivity contribution is -0.0220. The van der Waals surface area contributed by atoms with Gasteiger partial charge in [0.25, 0.3) is 11.8 Å². The SMILES string of the molecule is CCOC(=O)c1nnn(Cc2ccc(OC)cc2)c1Oc1ccc(-c2ccc(N3CCC(F)(F)CC3)cc2)cc1. The molecule has 0 spiro atoms. The van der Waals surface area contributed by atoms with E-state index in [0.29, 0.717) is 25.4 Å². The van der Waals surface area contributed by atoms with Crippen molar-refractivity contribution in [2.45, 2.75) is 32.2 Å². The molecule has 8 nitrogen and oxygen atoms in total. The second kappa shape index (κ2) is 11.7. The van der Waals surface area contributed by atoms with Gasteiger partial charge in [0.05, 0.1) is 20.3 Å². The Labute approximate surface area is 231 Å². The average molecular weight is 549 g/mol. The Kier molecular flexibility index (Phi) is 7.95. The maximum absolute atomic E-state index is 13.5. The van der Waals surface area contributed by atoms with Crippen LogP contribution >= 0.6 is 0 Å². The number of hydrogen-bond acceptors (Lipinski definition) is 7. The van der Waals surface area contributed by atoms with Crippen molar-refractivity contribution in [1.29, 1.82) is 0 Å². The van der Waals surface area contributed by atoms with Crippen LogP contribution in [0.3, 0.4) is 0 Å². The summed E-state index contributed by atoms with van der Waals surface area (Å²) < 4.78 is 45.0. The average Bonchev–Trinajstić information content (AvgIpc) is 3.36. The van der Waals surface area contributed by atoms with Crippen LogP contribution in [0, 0.1) is 0 Å². The number of aromatic nitrogens is 3. The van der Waals surface area contributed by atoms with Crippen LogP contribution in [0.1, 0.15) is 35.8 Å². The molecule has 0 N–H and O–H groups in total. The molecule has 2 heterocycles. The van der Waals surface area contributed by atoms with Crippen molar-refractivity contribution in [3.05, 3.63) is 84.1 Å². The summed E-state index contributed by atoms with van der Waals surface area (Å²) >= 11 is 0. The Morgan fingerprint density at radius 3 is 2.10 bits per heavy atom. The van der Waals surface area contributed by atoms with Gasteiger partial charge in [-0.25, -0.2) is 18.3 Å². The third-order valence-electron chi connectivity index (χ3n) is 6.78. The zero-order chi connectivity index (χ0) is 28.1. The number of anilines is 1. The summed E-state index contributed by atoms with van der Waals surface area (Å²) in [5.74, 6) is -1.78. The third-order valence-corrected chi connectivity index (χ3v) is 6.78. The van der Waals surface area contributed by atoms with Crippen molar-refractivity contribution in [1.82, 2.24) is 15.0 Å². The molecule has 10 heteroatoms. The molecule has 0 radical (unpaired) electrons. The molecular weight excluding hydrogens is 518 g/mol. The minimum Gasteiger partial charge on any atom is -0.497 e. The van der Waals surface area contributed by atoms with E-state index >= 15 is 0 Å². The van der Waals surface area contributed by atoms with Gasteiger partial charge in [0, 0.05) is 31.6 Å². The van der Waals surface area contributed by atoms with Crippen LogP contribution in [-0.4, -0.2) is 53.7 Å². The zero-order valence-electron chi connectivity index (χ0n) is 22.3. The molecule has 0 saturated carbocycles. The van der Waals surface area contributed by atoms with Gasteiger partial charge in [-0.1, -0.05) is 41.6 Å². The second-order valence-corrected chi connectivity index (χ2v) is 9.49. The van der Waals surface area contributed by atoms with Gasteiger partial charge in [0.1, 0.15) is 11.5 Å².